The Labute approximate surface area is 128 Å². The number of aromatic nitrogens is 1. The Morgan fingerprint density at radius 1 is 1.43 bits per heavy atom. The predicted molar refractivity (Wildman–Crippen MR) is 87.7 cm³/mol. The Morgan fingerprint density at radius 2 is 2.24 bits per heavy atom. The van der Waals surface area contributed by atoms with E-state index in [1.54, 1.807) is 0 Å². The van der Waals surface area contributed by atoms with Crippen LogP contribution in [-0.2, 0) is 11.3 Å². The zero-order chi connectivity index (χ0) is 15.3. The van der Waals surface area contributed by atoms with E-state index >= 15 is 0 Å². The number of pyridine rings is 1. The van der Waals surface area contributed by atoms with Crippen molar-refractivity contribution in [3.05, 3.63) is 24.0 Å². The van der Waals surface area contributed by atoms with Crippen LogP contribution in [0.15, 0.2) is 18.5 Å². The lowest BCUT2D eigenvalue weighted by atomic mass is 10.0. The minimum atomic E-state index is 0.121. The van der Waals surface area contributed by atoms with E-state index in [-0.39, 0.29) is 5.54 Å². The van der Waals surface area contributed by atoms with Crippen LogP contribution < -0.4 is 10.2 Å². The highest BCUT2D eigenvalue weighted by molar-refractivity contribution is 5.52. The van der Waals surface area contributed by atoms with Gasteiger partial charge in [0.05, 0.1) is 18.0 Å². The first kappa shape index (κ1) is 16.2. The van der Waals surface area contributed by atoms with Gasteiger partial charge in [0, 0.05) is 38.0 Å². The number of anilines is 1. The second-order valence-electron chi connectivity index (χ2n) is 6.77. The standard InChI is InChI=1S/C17H29N3O/c1-5-21-15-7-6-10-20(13-15)16-12-18-9-8-14(16)11-19-17(2,3)4/h8-9,12,15,19H,5-7,10-11,13H2,1-4H3. The third-order valence-electron chi connectivity index (χ3n) is 3.82. The van der Waals surface area contributed by atoms with Gasteiger partial charge in [0.2, 0.25) is 0 Å². The molecule has 0 aliphatic carbocycles. The predicted octanol–water partition coefficient (Wildman–Crippen LogP) is 2.98. The second-order valence-corrected chi connectivity index (χ2v) is 6.77. The average molecular weight is 291 g/mol. The maximum absolute atomic E-state index is 5.81. The highest BCUT2D eigenvalue weighted by atomic mass is 16.5. The van der Waals surface area contributed by atoms with Crippen LogP contribution in [0.5, 0.6) is 0 Å². The van der Waals surface area contributed by atoms with Gasteiger partial charge in [-0.15, -0.1) is 0 Å². The Hall–Kier alpha value is -1.13. The lowest BCUT2D eigenvalue weighted by Gasteiger charge is -2.35. The Bertz CT molecular complexity index is 440. The van der Waals surface area contributed by atoms with Gasteiger partial charge in [-0.25, -0.2) is 0 Å². The number of piperidine rings is 1. The summed E-state index contributed by atoms with van der Waals surface area (Å²) in [4.78, 5) is 6.75. The number of ether oxygens (including phenoxy) is 1. The molecule has 1 aromatic heterocycles. The molecule has 1 aliphatic rings. The topological polar surface area (TPSA) is 37.4 Å². The maximum Gasteiger partial charge on any atom is 0.0750 e. The molecule has 1 N–H and O–H groups in total. The van der Waals surface area contributed by atoms with E-state index in [2.05, 4.69) is 49.0 Å². The van der Waals surface area contributed by atoms with E-state index in [9.17, 15) is 0 Å². The van der Waals surface area contributed by atoms with E-state index in [1.807, 2.05) is 12.4 Å². The lowest BCUT2D eigenvalue weighted by molar-refractivity contribution is 0.0526. The molecule has 0 saturated carbocycles. The SMILES string of the molecule is CCOC1CCCN(c2cnccc2CNC(C)(C)C)C1. The molecule has 2 heterocycles. The molecule has 118 valence electrons. The van der Waals surface area contributed by atoms with Gasteiger partial charge in [-0.3, -0.25) is 4.98 Å². The van der Waals surface area contributed by atoms with Crippen molar-refractivity contribution in [3.63, 3.8) is 0 Å². The summed E-state index contributed by atoms with van der Waals surface area (Å²) in [6, 6.07) is 2.12. The second kappa shape index (κ2) is 7.23. The summed E-state index contributed by atoms with van der Waals surface area (Å²) >= 11 is 0. The Kier molecular flexibility index (Phi) is 5.59. The normalized spacial score (nSPS) is 19.8. The van der Waals surface area contributed by atoms with Crippen LogP contribution >= 0.6 is 0 Å². The fourth-order valence-electron chi connectivity index (χ4n) is 2.74. The van der Waals surface area contributed by atoms with Crippen LogP contribution in [0.4, 0.5) is 5.69 Å². The van der Waals surface area contributed by atoms with E-state index in [0.29, 0.717) is 6.10 Å². The quantitative estimate of drug-likeness (QED) is 0.905. The fraction of sp³-hybridized carbons (Fsp3) is 0.706. The van der Waals surface area contributed by atoms with Crippen molar-refractivity contribution in [2.45, 2.75) is 58.7 Å². The molecule has 0 radical (unpaired) electrons. The summed E-state index contributed by atoms with van der Waals surface area (Å²) in [5, 5.41) is 3.57. The molecule has 0 aromatic carbocycles. The number of rotatable bonds is 5. The lowest BCUT2D eigenvalue weighted by Crippen LogP contribution is -2.41. The van der Waals surface area contributed by atoms with Crippen molar-refractivity contribution in [2.75, 3.05) is 24.6 Å². The summed E-state index contributed by atoms with van der Waals surface area (Å²) in [5.41, 5.74) is 2.69. The van der Waals surface area contributed by atoms with Crippen LogP contribution in [-0.4, -0.2) is 36.3 Å². The molecule has 0 spiro atoms. The molecule has 1 atom stereocenters. The van der Waals surface area contributed by atoms with Gasteiger partial charge in [0.1, 0.15) is 0 Å². The maximum atomic E-state index is 5.81. The molecule has 0 bridgehead atoms. The van der Waals surface area contributed by atoms with E-state index in [1.165, 1.54) is 24.1 Å². The van der Waals surface area contributed by atoms with Gasteiger partial charge in [-0.2, -0.15) is 0 Å². The zero-order valence-corrected chi connectivity index (χ0v) is 13.9. The summed E-state index contributed by atoms with van der Waals surface area (Å²) in [7, 11) is 0. The molecule has 1 saturated heterocycles. The van der Waals surface area contributed by atoms with Crippen molar-refractivity contribution in [2.24, 2.45) is 0 Å². The monoisotopic (exact) mass is 291 g/mol. The van der Waals surface area contributed by atoms with E-state index < -0.39 is 0 Å². The van der Waals surface area contributed by atoms with Gasteiger partial charge in [-0.05, 0) is 52.2 Å². The fourth-order valence-corrected chi connectivity index (χ4v) is 2.74. The van der Waals surface area contributed by atoms with Crippen LogP contribution in [0.25, 0.3) is 0 Å². The molecule has 1 fully saturated rings. The average Bonchev–Trinajstić information content (AvgIpc) is 2.45. The molecule has 4 nitrogen and oxygen atoms in total. The minimum Gasteiger partial charge on any atom is -0.377 e. The smallest absolute Gasteiger partial charge is 0.0750 e. The highest BCUT2D eigenvalue weighted by Gasteiger charge is 2.22. The molecule has 1 aromatic rings. The van der Waals surface area contributed by atoms with Crippen LogP contribution in [0.2, 0.25) is 0 Å². The van der Waals surface area contributed by atoms with Gasteiger partial charge in [0.25, 0.3) is 0 Å². The van der Waals surface area contributed by atoms with Crippen molar-refractivity contribution in [1.29, 1.82) is 0 Å². The van der Waals surface area contributed by atoms with Gasteiger partial charge >= 0.3 is 0 Å². The summed E-state index contributed by atoms with van der Waals surface area (Å²) in [6.07, 6.45) is 6.58. The van der Waals surface area contributed by atoms with Gasteiger partial charge in [0.15, 0.2) is 0 Å². The van der Waals surface area contributed by atoms with Crippen molar-refractivity contribution in [1.82, 2.24) is 10.3 Å². The first-order valence-corrected chi connectivity index (χ1v) is 8.04. The van der Waals surface area contributed by atoms with Crippen LogP contribution in [0, 0.1) is 0 Å². The molecule has 2 rings (SSSR count). The molecule has 1 unspecified atom stereocenters. The van der Waals surface area contributed by atoms with E-state index in [0.717, 1.165) is 26.2 Å². The number of nitrogens with one attached hydrogen (secondary N) is 1. The number of hydrogen-bond acceptors (Lipinski definition) is 4. The molecule has 4 heteroatoms. The van der Waals surface area contributed by atoms with E-state index in [4.69, 9.17) is 4.74 Å². The van der Waals surface area contributed by atoms with Crippen molar-refractivity contribution >= 4 is 5.69 Å². The molecule has 21 heavy (non-hydrogen) atoms. The first-order chi connectivity index (χ1) is 9.99. The minimum absolute atomic E-state index is 0.121. The van der Waals surface area contributed by atoms with Crippen molar-refractivity contribution < 1.29 is 4.74 Å². The van der Waals surface area contributed by atoms with Crippen LogP contribution in [0.1, 0.15) is 46.1 Å². The Balaban J connectivity index is 2.08. The third kappa shape index (κ3) is 4.97. The summed E-state index contributed by atoms with van der Waals surface area (Å²) in [6.45, 7) is 12.4. The molecule has 1 aliphatic heterocycles. The van der Waals surface area contributed by atoms with Gasteiger partial charge in [-0.1, -0.05) is 0 Å². The van der Waals surface area contributed by atoms with Crippen LogP contribution in [0.3, 0.4) is 0 Å². The number of hydrogen-bond donors (Lipinski definition) is 1. The highest BCUT2D eigenvalue weighted by Crippen LogP contribution is 2.24. The first-order valence-electron chi connectivity index (χ1n) is 8.04. The molecule has 0 amide bonds. The molecular weight excluding hydrogens is 262 g/mol. The van der Waals surface area contributed by atoms with Crippen molar-refractivity contribution in [3.8, 4) is 0 Å². The zero-order valence-electron chi connectivity index (χ0n) is 13.9. The van der Waals surface area contributed by atoms with Gasteiger partial charge < -0.3 is 15.0 Å². The largest absolute Gasteiger partial charge is 0.377 e. The summed E-state index contributed by atoms with van der Waals surface area (Å²) in [5.74, 6) is 0. The third-order valence-corrected chi connectivity index (χ3v) is 3.82. The Morgan fingerprint density at radius 3 is 2.95 bits per heavy atom. The number of nitrogens with zero attached hydrogens (tertiary/aromatic N) is 2. The summed E-state index contributed by atoms with van der Waals surface area (Å²) < 4.78 is 5.81. The molecular formula is C17H29N3O.